The number of aryl methyl sites for hydroxylation is 2. The summed E-state index contributed by atoms with van der Waals surface area (Å²) in [5.74, 6) is -0.707. The van der Waals surface area contributed by atoms with Crippen molar-refractivity contribution in [1.82, 2.24) is 24.6 Å². The van der Waals surface area contributed by atoms with E-state index < -0.39 is 5.97 Å². The molecule has 41 heavy (non-hydrogen) atoms. The highest BCUT2D eigenvalue weighted by Gasteiger charge is 2.24. The molecule has 0 unspecified atom stereocenters. The second kappa shape index (κ2) is 12.1. The van der Waals surface area contributed by atoms with Crippen LogP contribution < -0.4 is 5.32 Å². The van der Waals surface area contributed by atoms with Crippen molar-refractivity contribution in [3.05, 3.63) is 66.1 Å². The molecule has 1 fully saturated rings. The smallest absolute Gasteiger partial charge is 0.340 e. The average Bonchev–Trinajstić information content (AvgIpc) is 3.58. The minimum Gasteiger partial charge on any atom is -0.459 e. The van der Waals surface area contributed by atoms with Crippen molar-refractivity contribution in [2.45, 2.75) is 40.3 Å². The van der Waals surface area contributed by atoms with Gasteiger partial charge in [0.15, 0.2) is 0 Å². The first kappa shape index (κ1) is 28.3. The molecule has 0 aliphatic carbocycles. The number of fused-ring (bicyclic) bond motifs is 1. The van der Waals surface area contributed by atoms with E-state index in [2.05, 4.69) is 31.9 Å². The number of benzene rings is 1. The van der Waals surface area contributed by atoms with Gasteiger partial charge in [-0.2, -0.15) is 5.10 Å². The van der Waals surface area contributed by atoms with Crippen LogP contribution in [0.15, 0.2) is 49.4 Å². The molecule has 2 N–H and O–H groups in total. The van der Waals surface area contributed by atoms with Crippen LogP contribution in [0.1, 0.15) is 38.2 Å². The molecule has 0 radical (unpaired) electrons. The number of nitrogens with zero attached hydrogens (tertiary/aromatic N) is 4. The molecule has 1 amide bonds. The number of hydrogen-bond donors (Lipinski definition) is 2. The third-order valence-electron chi connectivity index (χ3n) is 7.29. The number of aromatic amines is 1. The largest absolute Gasteiger partial charge is 0.459 e. The Balaban J connectivity index is 0.00000253. The molecule has 0 spiro atoms. The minimum atomic E-state index is -0.417. The molecule has 10 nitrogen and oxygen atoms in total. The monoisotopic (exact) mass is 560 g/mol. The molecule has 1 aromatic carbocycles. The van der Waals surface area contributed by atoms with Gasteiger partial charge in [0.05, 0.1) is 43.3 Å². The van der Waals surface area contributed by atoms with E-state index in [1.165, 1.54) is 6.08 Å². The summed E-state index contributed by atoms with van der Waals surface area (Å²) in [5, 5.41) is 8.35. The number of rotatable bonds is 9. The van der Waals surface area contributed by atoms with Gasteiger partial charge in [-0.25, -0.2) is 9.78 Å². The summed E-state index contributed by atoms with van der Waals surface area (Å²) in [6.45, 7) is 16.0. The lowest BCUT2D eigenvalue weighted by Gasteiger charge is -2.26. The zero-order chi connectivity index (χ0) is 29.1. The third kappa shape index (κ3) is 6.08. The van der Waals surface area contributed by atoms with Crippen LogP contribution in [-0.4, -0.2) is 75.5 Å². The van der Waals surface area contributed by atoms with E-state index in [4.69, 9.17) is 9.47 Å². The average molecular weight is 561 g/mol. The van der Waals surface area contributed by atoms with Crippen molar-refractivity contribution < 1.29 is 21.9 Å². The lowest BCUT2D eigenvalue weighted by atomic mass is 9.95. The number of morpholine rings is 1. The number of pyridine rings is 1. The van der Waals surface area contributed by atoms with Crippen LogP contribution in [0, 0.1) is 13.8 Å². The molecule has 0 atom stereocenters. The number of amides is 1. The fourth-order valence-electron chi connectivity index (χ4n) is 5.08. The molecule has 1 saturated heterocycles. The van der Waals surface area contributed by atoms with Crippen molar-refractivity contribution in [2.24, 2.45) is 0 Å². The third-order valence-corrected chi connectivity index (χ3v) is 7.29. The normalized spacial score (nSPS) is 14.0. The second-order valence-corrected chi connectivity index (χ2v) is 10.5. The van der Waals surface area contributed by atoms with Crippen molar-refractivity contribution in [3.8, 4) is 22.4 Å². The SMILES string of the molecule is C=CC(=O)Nc1cc(-c2c(-c3cnn(CCN4CCOCC4)c3)[nH]c3ncc(C(=O)OC(C)C)c(C)c23)ccc1C.[HH].[HH]. The molecule has 0 bridgehead atoms. The summed E-state index contributed by atoms with van der Waals surface area (Å²) in [4.78, 5) is 35.6. The first-order valence-electron chi connectivity index (χ1n) is 13.8. The highest BCUT2D eigenvalue weighted by molar-refractivity contribution is 6.08. The number of ether oxygens (including phenoxy) is 2. The van der Waals surface area contributed by atoms with Gasteiger partial charge in [-0.1, -0.05) is 18.7 Å². The maximum Gasteiger partial charge on any atom is 0.340 e. The van der Waals surface area contributed by atoms with Crippen LogP contribution in [0.3, 0.4) is 0 Å². The molecular formula is C31H40N6O4. The Kier molecular flexibility index (Phi) is 8.32. The zero-order valence-electron chi connectivity index (χ0n) is 24.0. The van der Waals surface area contributed by atoms with Gasteiger partial charge in [-0.15, -0.1) is 0 Å². The Labute approximate surface area is 242 Å². The number of carbonyl (C=O) groups excluding carboxylic acids is 2. The van der Waals surface area contributed by atoms with Gasteiger partial charge < -0.3 is 19.8 Å². The second-order valence-electron chi connectivity index (χ2n) is 10.5. The van der Waals surface area contributed by atoms with Gasteiger partial charge in [0.25, 0.3) is 0 Å². The van der Waals surface area contributed by atoms with Crippen LogP contribution in [0.25, 0.3) is 33.4 Å². The number of anilines is 1. The van der Waals surface area contributed by atoms with Crippen LogP contribution in [0.5, 0.6) is 0 Å². The van der Waals surface area contributed by atoms with Crippen molar-refractivity contribution in [3.63, 3.8) is 0 Å². The maximum absolute atomic E-state index is 12.9. The van der Waals surface area contributed by atoms with Crippen molar-refractivity contribution in [1.29, 1.82) is 0 Å². The molecule has 1 aliphatic heterocycles. The van der Waals surface area contributed by atoms with E-state index in [0.29, 0.717) is 16.9 Å². The van der Waals surface area contributed by atoms with E-state index in [1.54, 1.807) is 6.20 Å². The van der Waals surface area contributed by atoms with E-state index >= 15 is 0 Å². The van der Waals surface area contributed by atoms with Gasteiger partial charge in [-0.05, 0) is 56.5 Å². The fourth-order valence-corrected chi connectivity index (χ4v) is 5.08. The first-order valence-corrected chi connectivity index (χ1v) is 13.8. The number of nitrogens with one attached hydrogen (secondary N) is 2. The summed E-state index contributed by atoms with van der Waals surface area (Å²) in [6.07, 6.45) is 6.41. The summed E-state index contributed by atoms with van der Waals surface area (Å²) >= 11 is 0. The lowest BCUT2D eigenvalue weighted by molar-refractivity contribution is -0.111. The molecule has 4 heterocycles. The van der Waals surface area contributed by atoms with Crippen LogP contribution in [0.4, 0.5) is 5.69 Å². The molecule has 1 aliphatic rings. The molecule has 3 aromatic heterocycles. The van der Waals surface area contributed by atoms with Gasteiger partial charge in [0.1, 0.15) is 5.65 Å². The summed E-state index contributed by atoms with van der Waals surface area (Å²) in [5.41, 5.74) is 6.85. The number of carbonyl (C=O) groups is 2. The summed E-state index contributed by atoms with van der Waals surface area (Å²) < 4.78 is 12.9. The number of aromatic nitrogens is 4. The summed E-state index contributed by atoms with van der Waals surface area (Å²) in [6, 6.07) is 5.90. The number of esters is 1. The Morgan fingerprint density at radius 3 is 2.71 bits per heavy atom. The maximum atomic E-state index is 12.9. The fraction of sp³-hybridized carbons (Fsp3) is 0.355. The van der Waals surface area contributed by atoms with Crippen molar-refractivity contribution >= 4 is 28.6 Å². The Bertz CT molecular complexity index is 1610. The first-order chi connectivity index (χ1) is 19.7. The predicted molar refractivity (Wildman–Crippen MR) is 163 cm³/mol. The Morgan fingerprint density at radius 1 is 1.20 bits per heavy atom. The molecule has 10 heteroatoms. The van der Waals surface area contributed by atoms with Gasteiger partial charge in [0.2, 0.25) is 5.91 Å². The topological polar surface area (TPSA) is 114 Å². The highest BCUT2D eigenvalue weighted by atomic mass is 16.5. The standard InChI is InChI=1S/C31H36N6O4.2H2/c1-6-26(38)34-25-15-22(8-7-20(25)4)28-27-21(5)24(31(39)41-19(2)3)17-32-30(27)35-29(28)23-16-33-37(18-23)10-9-36-11-13-40-14-12-36;;/h6-8,15-19H,1,9-14H2,2-5H3,(H,32,35)(H,34,38);2*1H. The van der Waals surface area contributed by atoms with E-state index in [-0.39, 0.29) is 14.9 Å². The van der Waals surface area contributed by atoms with E-state index in [9.17, 15) is 9.59 Å². The van der Waals surface area contributed by atoms with Gasteiger partial charge in [0, 0.05) is 57.1 Å². The molecule has 0 saturated carbocycles. The van der Waals surface area contributed by atoms with Gasteiger partial charge in [-0.3, -0.25) is 14.4 Å². The molecular weight excluding hydrogens is 520 g/mol. The molecule has 218 valence electrons. The Hall–Kier alpha value is -4.28. The number of H-pyrrole nitrogens is 1. The van der Waals surface area contributed by atoms with E-state index in [1.807, 2.05) is 63.0 Å². The zero-order valence-corrected chi connectivity index (χ0v) is 24.0. The van der Waals surface area contributed by atoms with Crippen LogP contribution in [0.2, 0.25) is 0 Å². The Morgan fingerprint density at radius 2 is 1.98 bits per heavy atom. The van der Waals surface area contributed by atoms with Crippen molar-refractivity contribution in [2.75, 3.05) is 38.2 Å². The number of hydrogen-bond acceptors (Lipinski definition) is 7. The van der Waals surface area contributed by atoms with Crippen LogP contribution in [-0.2, 0) is 20.8 Å². The van der Waals surface area contributed by atoms with E-state index in [0.717, 1.165) is 78.3 Å². The highest BCUT2D eigenvalue weighted by Crippen LogP contribution is 2.41. The summed E-state index contributed by atoms with van der Waals surface area (Å²) in [7, 11) is 0. The lowest BCUT2D eigenvalue weighted by Crippen LogP contribution is -2.38. The minimum absolute atomic E-state index is 0. The van der Waals surface area contributed by atoms with Crippen LogP contribution >= 0.6 is 0 Å². The molecule has 5 rings (SSSR count). The predicted octanol–water partition coefficient (Wildman–Crippen LogP) is 5.22. The molecule has 4 aromatic rings. The van der Waals surface area contributed by atoms with Gasteiger partial charge >= 0.3 is 5.97 Å². The quantitative estimate of drug-likeness (QED) is 0.213.